The van der Waals surface area contributed by atoms with Gasteiger partial charge in [0, 0.05) is 11.9 Å². The number of nitrogens with zero attached hydrogens (tertiary/aromatic N) is 2. The predicted octanol–water partition coefficient (Wildman–Crippen LogP) is 1.07. The highest BCUT2D eigenvalue weighted by atomic mass is 32.2. The van der Waals surface area contributed by atoms with Crippen molar-refractivity contribution >= 4 is 28.9 Å². The second kappa shape index (κ2) is 6.19. The summed E-state index contributed by atoms with van der Waals surface area (Å²) in [7, 11) is 1.57. The Labute approximate surface area is 122 Å². The molecule has 0 unspecified atom stereocenters. The standard InChI is InChI=1S/C12H13N3O3S2/c1-3-7-4-5-9(20-7)8(16)6-19-12-13-10(17)11(18)14-15(12)2/h4-5H,3,6H2,1-2H3,(H,14,18). The smallest absolute Gasteiger partial charge is 0.292 e. The second-order valence-electron chi connectivity index (χ2n) is 4.03. The number of Topliss-reactive ketones (excluding diaryl/α,β-unsaturated/α-hetero) is 1. The van der Waals surface area contributed by atoms with Crippen molar-refractivity contribution in [1.29, 1.82) is 0 Å². The molecule has 8 heteroatoms. The van der Waals surface area contributed by atoms with E-state index < -0.39 is 11.1 Å². The van der Waals surface area contributed by atoms with E-state index >= 15 is 0 Å². The van der Waals surface area contributed by atoms with Crippen molar-refractivity contribution in [3.05, 3.63) is 42.6 Å². The van der Waals surface area contributed by atoms with Crippen molar-refractivity contribution in [3.63, 3.8) is 0 Å². The van der Waals surface area contributed by atoms with E-state index in [4.69, 9.17) is 0 Å². The van der Waals surface area contributed by atoms with Crippen LogP contribution in [0.3, 0.4) is 0 Å². The maximum atomic E-state index is 12.0. The van der Waals surface area contributed by atoms with Crippen LogP contribution in [-0.4, -0.2) is 26.3 Å². The van der Waals surface area contributed by atoms with Crippen molar-refractivity contribution in [3.8, 4) is 0 Å². The molecule has 6 nitrogen and oxygen atoms in total. The zero-order valence-corrected chi connectivity index (χ0v) is 12.6. The molecule has 0 saturated heterocycles. The number of aromatic amines is 1. The molecule has 0 spiro atoms. The number of rotatable bonds is 5. The van der Waals surface area contributed by atoms with E-state index in [1.54, 1.807) is 7.05 Å². The maximum absolute atomic E-state index is 12.0. The summed E-state index contributed by atoms with van der Waals surface area (Å²) < 4.78 is 1.34. The topological polar surface area (TPSA) is 84.8 Å². The van der Waals surface area contributed by atoms with Gasteiger partial charge in [-0.25, -0.2) is 0 Å². The van der Waals surface area contributed by atoms with Crippen molar-refractivity contribution in [2.24, 2.45) is 7.05 Å². The summed E-state index contributed by atoms with van der Waals surface area (Å²) in [4.78, 5) is 39.8. The molecule has 0 aliphatic rings. The predicted molar refractivity (Wildman–Crippen MR) is 78.9 cm³/mol. The Hall–Kier alpha value is -1.67. The van der Waals surface area contributed by atoms with Crippen LogP contribution in [0.25, 0.3) is 0 Å². The summed E-state index contributed by atoms with van der Waals surface area (Å²) in [6.45, 7) is 2.04. The van der Waals surface area contributed by atoms with Crippen LogP contribution in [0.1, 0.15) is 21.5 Å². The molecule has 0 atom stereocenters. The summed E-state index contributed by atoms with van der Waals surface area (Å²) in [6.07, 6.45) is 0.904. The molecule has 0 radical (unpaired) electrons. The van der Waals surface area contributed by atoms with Crippen LogP contribution in [-0.2, 0) is 13.5 Å². The summed E-state index contributed by atoms with van der Waals surface area (Å²) in [5, 5.41) is 2.66. The first-order chi connectivity index (χ1) is 9.51. The average Bonchev–Trinajstić information content (AvgIpc) is 2.90. The van der Waals surface area contributed by atoms with Gasteiger partial charge >= 0.3 is 11.1 Å². The Kier molecular flexibility index (Phi) is 4.56. The van der Waals surface area contributed by atoms with Gasteiger partial charge < -0.3 is 0 Å². The third kappa shape index (κ3) is 3.26. The van der Waals surface area contributed by atoms with Gasteiger partial charge in [0.1, 0.15) is 0 Å². The van der Waals surface area contributed by atoms with Gasteiger partial charge in [-0.1, -0.05) is 18.7 Å². The van der Waals surface area contributed by atoms with Gasteiger partial charge in [0.05, 0.1) is 10.6 Å². The molecule has 0 amide bonds. The Morgan fingerprint density at radius 3 is 2.85 bits per heavy atom. The molecule has 2 aromatic rings. The van der Waals surface area contributed by atoms with E-state index in [-0.39, 0.29) is 11.5 Å². The van der Waals surface area contributed by atoms with E-state index in [1.807, 2.05) is 19.1 Å². The highest BCUT2D eigenvalue weighted by Crippen LogP contribution is 2.20. The number of carbonyl (C=O) groups excluding carboxylic acids is 1. The molecule has 20 heavy (non-hydrogen) atoms. The zero-order chi connectivity index (χ0) is 14.7. The van der Waals surface area contributed by atoms with Crippen molar-refractivity contribution < 1.29 is 4.79 Å². The number of carbonyl (C=O) groups is 1. The molecular weight excluding hydrogens is 298 g/mol. The molecule has 1 N–H and O–H groups in total. The molecule has 0 saturated carbocycles. The quantitative estimate of drug-likeness (QED) is 0.507. The molecule has 0 fully saturated rings. The van der Waals surface area contributed by atoms with Crippen LogP contribution in [0.2, 0.25) is 0 Å². The number of aromatic nitrogens is 3. The Morgan fingerprint density at radius 2 is 2.20 bits per heavy atom. The van der Waals surface area contributed by atoms with Crippen molar-refractivity contribution in [2.45, 2.75) is 18.5 Å². The number of H-pyrrole nitrogens is 1. The van der Waals surface area contributed by atoms with Gasteiger partial charge in [0.2, 0.25) is 0 Å². The molecule has 2 heterocycles. The van der Waals surface area contributed by atoms with E-state index in [0.717, 1.165) is 23.1 Å². The summed E-state index contributed by atoms with van der Waals surface area (Å²) in [5.41, 5.74) is -1.61. The summed E-state index contributed by atoms with van der Waals surface area (Å²) in [5.74, 6) is 0.163. The summed E-state index contributed by atoms with van der Waals surface area (Å²) in [6, 6.07) is 3.75. The first-order valence-electron chi connectivity index (χ1n) is 5.93. The van der Waals surface area contributed by atoms with Crippen LogP contribution in [0.4, 0.5) is 0 Å². The van der Waals surface area contributed by atoms with Crippen LogP contribution >= 0.6 is 23.1 Å². The lowest BCUT2D eigenvalue weighted by Gasteiger charge is -2.04. The van der Waals surface area contributed by atoms with E-state index in [0.29, 0.717) is 10.0 Å². The number of hydrogen-bond donors (Lipinski definition) is 1. The lowest BCUT2D eigenvalue weighted by atomic mass is 10.3. The highest BCUT2D eigenvalue weighted by molar-refractivity contribution is 7.99. The number of nitrogens with one attached hydrogen (secondary N) is 1. The van der Waals surface area contributed by atoms with E-state index in [1.165, 1.54) is 16.0 Å². The summed E-state index contributed by atoms with van der Waals surface area (Å²) >= 11 is 2.60. The molecule has 0 aliphatic carbocycles. The lowest BCUT2D eigenvalue weighted by Crippen LogP contribution is -2.34. The van der Waals surface area contributed by atoms with Crippen LogP contribution < -0.4 is 11.1 Å². The van der Waals surface area contributed by atoms with E-state index in [9.17, 15) is 14.4 Å². The minimum absolute atomic E-state index is 0.0138. The molecule has 2 rings (SSSR count). The van der Waals surface area contributed by atoms with E-state index in [2.05, 4.69) is 10.1 Å². The zero-order valence-electron chi connectivity index (χ0n) is 11.0. The third-order valence-electron chi connectivity index (χ3n) is 2.56. The molecule has 106 valence electrons. The first kappa shape index (κ1) is 14.7. The van der Waals surface area contributed by atoms with Crippen molar-refractivity contribution in [1.82, 2.24) is 14.8 Å². The molecule has 2 aromatic heterocycles. The molecule has 0 aromatic carbocycles. The van der Waals surface area contributed by atoms with Crippen LogP contribution in [0.5, 0.6) is 0 Å². The first-order valence-corrected chi connectivity index (χ1v) is 7.73. The number of thiophene rings is 1. The number of thioether (sulfide) groups is 1. The normalized spacial score (nSPS) is 10.7. The minimum atomic E-state index is -0.845. The number of hydrogen-bond acceptors (Lipinski definition) is 6. The third-order valence-corrected chi connectivity index (χ3v) is 4.87. The Balaban J connectivity index is 2.09. The van der Waals surface area contributed by atoms with Crippen molar-refractivity contribution in [2.75, 3.05) is 5.75 Å². The van der Waals surface area contributed by atoms with Gasteiger partial charge in [-0.3, -0.25) is 24.2 Å². The molecular formula is C12H13N3O3S2. The van der Waals surface area contributed by atoms with Crippen LogP contribution in [0, 0.1) is 0 Å². The fourth-order valence-electron chi connectivity index (χ4n) is 1.51. The fraction of sp³-hybridized carbons (Fsp3) is 0.333. The van der Waals surface area contributed by atoms with Gasteiger partial charge in [0.25, 0.3) is 0 Å². The lowest BCUT2D eigenvalue weighted by molar-refractivity contribution is 0.102. The monoisotopic (exact) mass is 311 g/mol. The van der Waals surface area contributed by atoms with Gasteiger partial charge in [-0.15, -0.1) is 11.3 Å². The molecule has 0 aliphatic heterocycles. The highest BCUT2D eigenvalue weighted by Gasteiger charge is 2.12. The SMILES string of the molecule is CCc1ccc(C(=O)CSc2nc(=O)c(=O)[nH]n2C)s1. The second-order valence-corrected chi connectivity index (χ2v) is 6.14. The Morgan fingerprint density at radius 1 is 1.45 bits per heavy atom. The molecule has 0 bridgehead atoms. The number of aryl methyl sites for hydroxylation is 2. The van der Waals surface area contributed by atoms with Gasteiger partial charge in [-0.05, 0) is 18.6 Å². The maximum Gasteiger partial charge on any atom is 0.339 e. The Bertz CT molecular complexity index is 745. The van der Waals surface area contributed by atoms with Gasteiger partial charge in [0.15, 0.2) is 10.9 Å². The largest absolute Gasteiger partial charge is 0.339 e. The number of ketones is 1. The fourth-order valence-corrected chi connectivity index (χ4v) is 3.29. The minimum Gasteiger partial charge on any atom is -0.292 e. The van der Waals surface area contributed by atoms with Crippen LogP contribution in [0.15, 0.2) is 26.9 Å². The average molecular weight is 311 g/mol. The van der Waals surface area contributed by atoms with Gasteiger partial charge in [-0.2, -0.15) is 4.98 Å².